The molecule has 0 aliphatic rings. The van der Waals surface area contributed by atoms with Crippen LogP contribution in [-0.2, 0) is 13.1 Å². The molecule has 0 fully saturated rings. The van der Waals surface area contributed by atoms with Gasteiger partial charge in [0.15, 0.2) is 4.77 Å². The summed E-state index contributed by atoms with van der Waals surface area (Å²) >= 11 is 5.22. The first kappa shape index (κ1) is 20.3. The van der Waals surface area contributed by atoms with Crippen molar-refractivity contribution >= 4 is 29.8 Å². The molecule has 0 unspecified atom stereocenters. The molecule has 10 heteroatoms. The van der Waals surface area contributed by atoms with Crippen LogP contribution in [0.5, 0.6) is 5.88 Å². The third-order valence-corrected chi connectivity index (χ3v) is 4.38. The number of aromatic hydroxyl groups is 1. The van der Waals surface area contributed by atoms with Gasteiger partial charge in [0.25, 0.3) is 11.2 Å². The van der Waals surface area contributed by atoms with Gasteiger partial charge >= 0.3 is 0 Å². The monoisotopic (exact) mass is 391 g/mol. The second-order valence-corrected chi connectivity index (χ2v) is 5.91. The van der Waals surface area contributed by atoms with Crippen LogP contribution in [0.4, 0.5) is 11.4 Å². The standard InChI is InChI=1S/C17H21N5O4S/c1-3-20-15(23)12(16(24)21(4-2)17(20)27)11-18-9-10-19-13-7-5-6-8-14(13)22(25)26/h5-8,11,19,23H,3-4,9-10H2,1-2H3. The van der Waals surface area contributed by atoms with Crippen molar-refractivity contribution in [2.75, 3.05) is 18.4 Å². The molecule has 1 heterocycles. The van der Waals surface area contributed by atoms with Gasteiger partial charge in [0.1, 0.15) is 11.3 Å². The molecule has 1 aromatic carbocycles. The number of rotatable bonds is 8. The zero-order chi connectivity index (χ0) is 20.0. The van der Waals surface area contributed by atoms with Crippen molar-refractivity contribution < 1.29 is 10.0 Å². The Morgan fingerprint density at radius 3 is 2.59 bits per heavy atom. The van der Waals surface area contributed by atoms with Crippen LogP contribution in [0.25, 0.3) is 0 Å². The summed E-state index contributed by atoms with van der Waals surface area (Å²) in [7, 11) is 0. The molecule has 2 aromatic rings. The lowest BCUT2D eigenvalue weighted by Gasteiger charge is -2.13. The Hall–Kier alpha value is -3.01. The van der Waals surface area contributed by atoms with Crippen LogP contribution < -0.4 is 10.9 Å². The first-order valence-electron chi connectivity index (χ1n) is 8.46. The van der Waals surface area contributed by atoms with Gasteiger partial charge in [-0.3, -0.25) is 29.0 Å². The molecule has 0 radical (unpaired) electrons. The van der Waals surface area contributed by atoms with Crippen LogP contribution in [0.2, 0.25) is 0 Å². The second-order valence-electron chi connectivity index (χ2n) is 5.55. The maximum Gasteiger partial charge on any atom is 0.292 e. The highest BCUT2D eigenvalue weighted by molar-refractivity contribution is 7.71. The van der Waals surface area contributed by atoms with Gasteiger partial charge in [0.2, 0.25) is 5.88 Å². The van der Waals surface area contributed by atoms with Gasteiger partial charge in [-0.1, -0.05) is 12.1 Å². The zero-order valence-corrected chi connectivity index (χ0v) is 15.9. The number of nitrogens with zero attached hydrogens (tertiary/aromatic N) is 4. The maximum atomic E-state index is 12.5. The van der Waals surface area contributed by atoms with E-state index >= 15 is 0 Å². The van der Waals surface area contributed by atoms with Gasteiger partial charge < -0.3 is 10.4 Å². The zero-order valence-electron chi connectivity index (χ0n) is 15.1. The van der Waals surface area contributed by atoms with E-state index in [1.807, 2.05) is 6.92 Å². The highest BCUT2D eigenvalue weighted by Crippen LogP contribution is 2.22. The van der Waals surface area contributed by atoms with Gasteiger partial charge in [0, 0.05) is 31.9 Å². The van der Waals surface area contributed by atoms with Crippen molar-refractivity contribution in [1.29, 1.82) is 0 Å². The Labute approximate surface area is 160 Å². The molecular weight excluding hydrogens is 370 g/mol. The highest BCUT2D eigenvalue weighted by atomic mass is 32.1. The van der Waals surface area contributed by atoms with Gasteiger partial charge in [-0.2, -0.15) is 0 Å². The van der Waals surface area contributed by atoms with Crippen molar-refractivity contribution in [2.45, 2.75) is 26.9 Å². The molecule has 27 heavy (non-hydrogen) atoms. The first-order valence-corrected chi connectivity index (χ1v) is 8.86. The van der Waals surface area contributed by atoms with E-state index in [-0.39, 0.29) is 28.4 Å². The number of hydrogen-bond acceptors (Lipinski definition) is 7. The summed E-state index contributed by atoms with van der Waals surface area (Å²) in [6.07, 6.45) is 1.31. The number of nitrogens with one attached hydrogen (secondary N) is 1. The number of nitro benzene ring substituents is 1. The first-order chi connectivity index (χ1) is 12.9. The van der Waals surface area contributed by atoms with Gasteiger partial charge in [-0.25, -0.2) is 0 Å². The highest BCUT2D eigenvalue weighted by Gasteiger charge is 2.14. The third-order valence-electron chi connectivity index (χ3n) is 3.94. The largest absolute Gasteiger partial charge is 0.494 e. The molecule has 0 saturated heterocycles. The van der Waals surface area contributed by atoms with Gasteiger partial charge in [-0.15, -0.1) is 0 Å². The van der Waals surface area contributed by atoms with E-state index in [4.69, 9.17) is 12.2 Å². The Morgan fingerprint density at radius 1 is 1.30 bits per heavy atom. The summed E-state index contributed by atoms with van der Waals surface area (Å²) < 4.78 is 3.12. The number of anilines is 1. The lowest BCUT2D eigenvalue weighted by molar-refractivity contribution is -0.384. The molecule has 2 rings (SSSR count). The maximum absolute atomic E-state index is 12.5. The number of benzene rings is 1. The van der Waals surface area contributed by atoms with Crippen molar-refractivity contribution in [2.24, 2.45) is 4.99 Å². The minimum atomic E-state index is -0.462. The Balaban J connectivity index is 2.15. The van der Waals surface area contributed by atoms with E-state index in [0.717, 1.165) is 0 Å². The minimum absolute atomic E-state index is 0.0185. The summed E-state index contributed by atoms with van der Waals surface area (Å²) in [4.78, 5) is 27.1. The average Bonchev–Trinajstić information content (AvgIpc) is 2.64. The van der Waals surface area contributed by atoms with E-state index in [9.17, 15) is 20.0 Å². The molecule has 144 valence electrons. The fraction of sp³-hybridized carbons (Fsp3) is 0.353. The SMILES string of the molecule is CCn1c(O)c(C=NCCNc2ccccc2[N+](=O)[O-])c(=O)n(CC)c1=S. The Morgan fingerprint density at radius 2 is 1.96 bits per heavy atom. The quantitative estimate of drug-likeness (QED) is 0.235. The lowest BCUT2D eigenvalue weighted by atomic mass is 10.2. The molecular formula is C17H21N5O4S. The van der Waals surface area contributed by atoms with Crippen LogP contribution in [0.1, 0.15) is 19.4 Å². The van der Waals surface area contributed by atoms with Crippen LogP contribution in [0, 0.1) is 14.9 Å². The predicted molar refractivity (Wildman–Crippen MR) is 107 cm³/mol. The van der Waals surface area contributed by atoms with E-state index in [0.29, 0.717) is 25.3 Å². The fourth-order valence-corrected chi connectivity index (χ4v) is 3.01. The molecule has 0 amide bonds. The molecule has 0 saturated carbocycles. The Kier molecular flexibility index (Phi) is 6.83. The third kappa shape index (κ3) is 4.40. The van der Waals surface area contributed by atoms with E-state index < -0.39 is 10.5 Å². The number of hydrogen-bond donors (Lipinski definition) is 2. The molecule has 0 atom stereocenters. The van der Waals surface area contributed by atoms with Gasteiger partial charge in [-0.05, 0) is 32.1 Å². The molecule has 0 aliphatic carbocycles. The predicted octanol–water partition coefficient (Wildman–Crippen LogP) is 2.56. The lowest BCUT2D eigenvalue weighted by Crippen LogP contribution is -2.28. The number of para-hydroxylation sites is 2. The second kappa shape index (κ2) is 9.08. The summed E-state index contributed by atoms with van der Waals surface area (Å²) in [6, 6.07) is 6.31. The number of aromatic nitrogens is 2. The molecule has 9 nitrogen and oxygen atoms in total. The van der Waals surface area contributed by atoms with Crippen molar-refractivity contribution in [3.63, 3.8) is 0 Å². The van der Waals surface area contributed by atoms with Gasteiger partial charge in [0.05, 0.1) is 11.5 Å². The Bertz CT molecular complexity index is 980. The summed E-state index contributed by atoms with van der Waals surface area (Å²) in [6.45, 7) is 5.02. The van der Waals surface area contributed by atoms with E-state index in [1.54, 1.807) is 25.1 Å². The average molecular weight is 391 g/mol. The molecule has 0 aliphatic heterocycles. The van der Waals surface area contributed by atoms with Crippen LogP contribution >= 0.6 is 12.2 Å². The van der Waals surface area contributed by atoms with Crippen molar-refractivity contribution in [3.05, 3.63) is 55.1 Å². The molecule has 2 N–H and O–H groups in total. The molecule has 1 aromatic heterocycles. The molecule has 0 bridgehead atoms. The van der Waals surface area contributed by atoms with Crippen molar-refractivity contribution in [3.8, 4) is 5.88 Å². The summed E-state index contributed by atoms with van der Waals surface area (Å²) in [5, 5.41) is 24.2. The smallest absolute Gasteiger partial charge is 0.292 e. The van der Waals surface area contributed by atoms with Crippen molar-refractivity contribution in [1.82, 2.24) is 9.13 Å². The normalized spacial score (nSPS) is 11.0. The fourth-order valence-electron chi connectivity index (χ4n) is 2.58. The molecule has 0 spiro atoms. The summed E-state index contributed by atoms with van der Waals surface area (Å²) in [5.74, 6) is -0.215. The number of nitro groups is 1. The van der Waals surface area contributed by atoms with E-state index in [1.165, 1.54) is 21.4 Å². The van der Waals surface area contributed by atoms with Crippen LogP contribution in [0.3, 0.4) is 0 Å². The van der Waals surface area contributed by atoms with Crippen LogP contribution in [0.15, 0.2) is 34.1 Å². The van der Waals surface area contributed by atoms with E-state index in [2.05, 4.69) is 10.3 Å². The van der Waals surface area contributed by atoms with Crippen LogP contribution in [-0.4, -0.2) is 38.5 Å². The topological polar surface area (TPSA) is 115 Å². The number of aliphatic imine (C=N–C) groups is 1. The summed E-state index contributed by atoms with van der Waals surface area (Å²) in [5.41, 5.74) is 0.0428. The minimum Gasteiger partial charge on any atom is -0.494 e.